The van der Waals surface area contributed by atoms with Crippen LogP contribution in [0.5, 0.6) is 0 Å². The van der Waals surface area contributed by atoms with Crippen LogP contribution >= 0.6 is 15.9 Å². The van der Waals surface area contributed by atoms with Crippen LogP contribution in [0.2, 0.25) is 0 Å². The van der Waals surface area contributed by atoms with E-state index in [1.54, 1.807) is 22.5 Å². The topological polar surface area (TPSA) is 40.6 Å². The highest BCUT2D eigenvalue weighted by molar-refractivity contribution is 9.10. The normalized spacial score (nSPS) is 25.9. The molecular weight excluding hydrogens is 340 g/mol. The summed E-state index contributed by atoms with van der Waals surface area (Å²) in [6.07, 6.45) is 0. The van der Waals surface area contributed by atoms with E-state index in [0.29, 0.717) is 18.0 Å². The predicted octanol–water partition coefficient (Wildman–Crippen LogP) is 2.47. The lowest BCUT2D eigenvalue weighted by molar-refractivity contribution is 0.105. The van der Waals surface area contributed by atoms with E-state index in [2.05, 4.69) is 34.7 Å². The van der Waals surface area contributed by atoms with Crippen molar-refractivity contribution in [2.24, 2.45) is 0 Å². The standard InChI is InChI=1S/C14H21BrN2O2S/c1-10-7-13(5-6-14(10)15)20(18,19)17-8-11(2)16(4)12(3)9-17/h5-7,11-12H,8-9H2,1-4H3. The summed E-state index contributed by atoms with van der Waals surface area (Å²) in [4.78, 5) is 2.60. The Morgan fingerprint density at radius 1 is 1.20 bits per heavy atom. The van der Waals surface area contributed by atoms with Gasteiger partial charge in [-0.15, -0.1) is 0 Å². The first-order valence-electron chi connectivity index (χ1n) is 6.71. The van der Waals surface area contributed by atoms with Crippen molar-refractivity contribution in [1.82, 2.24) is 9.21 Å². The number of piperazine rings is 1. The molecular formula is C14H21BrN2O2S. The number of halogens is 1. The van der Waals surface area contributed by atoms with Crippen molar-refractivity contribution in [3.63, 3.8) is 0 Å². The molecule has 1 fully saturated rings. The molecule has 112 valence electrons. The van der Waals surface area contributed by atoms with Crippen LogP contribution in [0.1, 0.15) is 19.4 Å². The molecule has 2 atom stereocenters. The van der Waals surface area contributed by atoms with E-state index in [0.717, 1.165) is 10.0 Å². The van der Waals surface area contributed by atoms with Crippen molar-refractivity contribution in [3.05, 3.63) is 28.2 Å². The van der Waals surface area contributed by atoms with Gasteiger partial charge in [0.15, 0.2) is 0 Å². The van der Waals surface area contributed by atoms with Crippen molar-refractivity contribution in [1.29, 1.82) is 0 Å². The van der Waals surface area contributed by atoms with Gasteiger partial charge in [-0.3, -0.25) is 4.90 Å². The van der Waals surface area contributed by atoms with Gasteiger partial charge in [0, 0.05) is 29.6 Å². The number of nitrogens with zero attached hydrogens (tertiary/aromatic N) is 2. The molecule has 2 rings (SSSR count). The second-order valence-corrected chi connectivity index (χ2v) is 8.39. The number of hydrogen-bond donors (Lipinski definition) is 0. The minimum Gasteiger partial charge on any atom is -0.298 e. The summed E-state index contributed by atoms with van der Waals surface area (Å²) in [6.45, 7) is 7.10. The lowest BCUT2D eigenvalue weighted by Crippen LogP contribution is -2.56. The van der Waals surface area contributed by atoms with E-state index in [-0.39, 0.29) is 12.1 Å². The Kier molecular flexibility index (Phi) is 4.59. The Balaban J connectivity index is 2.33. The van der Waals surface area contributed by atoms with E-state index in [1.165, 1.54) is 0 Å². The zero-order chi connectivity index (χ0) is 15.1. The van der Waals surface area contributed by atoms with E-state index < -0.39 is 10.0 Å². The first kappa shape index (κ1) is 15.9. The molecule has 20 heavy (non-hydrogen) atoms. The largest absolute Gasteiger partial charge is 0.298 e. The summed E-state index contributed by atoms with van der Waals surface area (Å²) in [6, 6.07) is 5.65. The molecule has 0 bridgehead atoms. The first-order valence-corrected chi connectivity index (χ1v) is 8.95. The number of benzene rings is 1. The van der Waals surface area contributed by atoms with E-state index in [4.69, 9.17) is 0 Å². The van der Waals surface area contributed by atoms with Crippen LogP contribution < -0.4 is 0 Å². The molecule has 0 spiro atoms. The van der Waals surface area contributed by atoms with Crippen LogP contribution in [0.25, 0.3) is 0 Å². The van der Waals surface area contributed by atoms with Gasteiger partial charge in [-0.25, -0.2) is 8.42 Å². The molecule has 2 unspecified atom stereocenters. The third-order valence-electron chi connectivity index (χ3n) is 4.09. The van der Waals surface area contributed by atoms with Gasteiger partial charge < -0.3 is 0 Å². The Labute approximate surface area is 129 Å². The van der Waals surface area contributed by atoms with Crippen molar-refractivity contribution in [2.75, 3.05) is 20.1 Å². The molecule has 1 aromatic carbocycles. The van der Waals surface area contributed by atoms with Gasteiger partial charge in [0.1, 0.15) is 0 Å². The molecule has 0 N–H and O–H groups in total. The van der Waals surface area contributed by atoms with Gasteiger partial charge >= 0.3 is 0 Å². The highest BCUT2D eigenvalue weighted by Crippen LogP contribution is 2.25. The third kappa shape index (κ3) is 2.93. The fourth-order valence-electron chi connectivity index (χ4n) is 2.48. The zero-order valence-electron chi connectivity index (χ0n) is 12.3. The summed E-state index contributed by atoms with van der Waals surface area (Å²) < 4.78 is 28.0. The molecule has 1 aliphatic heterocycles. The molecule has 0 radical (unpaired) electrons. The van der Waals surface area contributed by atoms with Crippen molar-refractivity contribution < 1.29 is 8.42 Å². The second kappa shape index (κ2) is 5.75. The van der Waals surface area contributed by atoms with Crippen molar-refractivity contribution in [2.45, 2.75) is 37.8 Å². The van der Waals surface area contributed by atoms with Gasteiger partial charge in [0.25, 0.3) is 0 Å². The fourth-order valence-corrected chi connectivity index (χ4v) is 4.41. The maximum Gasteiger partial charge on any atom is 0.243 e. The molecule has 0 aromatic heterocycles. The molecule has 1 saturated heterocycles. The Morgan fingerprint density at radius 2 is 1.75 bits per heavy atom. The maximum atomic E-state index is 12.7. The van der Waals surface area contributed by atoms with Gasteiger partial charge in [0.2, 0.25) is 10.0 Å². The van der Waals surface area contributed by atoms with E-state index in [1.807, 2.05) is 14.0 Å². The molecule has 0 amide bonds. The molecule has 1 aromatic rings. The summed E-state index contributed by atoms with van der Waals surface area (Å²) >= 11 is 3.40. The average Bonchev–Trinajstić information content (AvgIpc) is 2.38. The summed E-state index contributed by atoms with van der Waals surface area (Å²) in [5.74, 6) is 0. The molecule has 0 saturated carbocycles. The summed E-state index contributed by atoms with van der Waals surface area (Å²) in [5.41, 5.74) is 0.932. The van der Waals surface area contributed by atoms with Crippen LogP contribution in [0.4, 0.5) is 0 Å². The molecule has 1 aliphatic rings. The smallest absolute Gasteiger partial charge is 0.243 e. The number of hydrogen-bond acceptors (Lipinski definition) is 3. The van der Waals surface area contributed by atoms with Crippen LogP contribution in [0.3, 0.4) is 0 Å². The number of likely N-dealkylation sites (N-methyl/N-ethyl adjacent to an activating group) is 1. The monoisotopic (exact) mass is 360 g/mol. The molecule has 1 heterocycles. The maximum absolute atomic E-state index is 12.7. The molecule has 6 heteroatoms. The summed E-state index contributed by atoms with van der Waals surface area (Å²) in [7, 11) is -1.36. The highest BCUT2D eigenvalue weighted by Gasteiger charge is 2.34. The van der Waals surface area contributed by atoms with Crippen LogP contribution in [-0.4, -0.2) is 49.8 Å². The lowest BCUT2D eigenvalue weighted by atomic mass is 10.1. The number of sulfonamides is 1. The molecule has 4 nitrogen and oxygen atoms in total. The van der Waals surface area contributed by atoms with E-state index >= 15 is 0 Å². The Morgan fingerprint density at radius 3 is 2.25 bits per heavy atom. The minimum atomic E-state index is -3.40. The fraction of sp³-hybridized carbons (Fsp3) is 0.571. The van der Waals surface area contributed by atoms with Crippen LogP contribution in [0.15, 0.2) is 27.6 Å². The Bertz CT molecular complexity index is 591. The van der Waals surface area contributed by atoms with Gasteiger partial charge in [-0.05, 0) is 51.6 Å². The third-order valence-corrected chi connectivity index (χ3v) is 6.81. The quantitative estimate of drug-likeness (QED) is 0.813. The van der Waals surface area contributed by atoms with Gasteiger partial charge in [-0.2, -0.15) is 4.31 Å². The SMILES string of the molecule is Cc1cc(S(=O)(=O)N2CC(C)N(C)C(C)C2)ccc1Br. The van der Waals surface area contributed by atoms with Crippen molar-refractivity contribution >= 4 is 26.0 Å². The second-order valence-electron chi connectivity index (χ2n) is 5.60. The number of rotatable bonds is 2. The minimum absolute atomic E-state index is 0.227. The Hall–Kier alpha value is -0.430. The van der Waals surface area contributed by atoms with Crippen LogP contribution in [-0.2, 0) is 10.0 Å². The number of aryl methyl sites for hydroxylation is 1. The lowest BCUT2D eigenvalue weighted by Gasteiger charge is -2.41. The first-order chi connectivity index (χ1) is 9.23. The highest BCUT2D eigenvalue weighted by atomic mass is 79.9. The average molecular weight is 361 g/mol. The zero-order valence-corrected chi connectivity index (χ0v) is 14.7. The van der Waals surface area contributed by atoms with Gasteiger partial charge in [0.05, 0.1) is 4.90 Å². The molecule has 0 aliphatic carbocycles. The van der Waals surface area contributed by atoms with E-state index in [9.17, 15) is 8.42 Å². The van der Waals surface area contributed by atoms with Gasteiger partial charge in [-0.1, -0.05) is 15.9 Å². The summed E-state index contributed by atoms with van der Waals surface area (Å²) in [5, 5.41) is 0. The van der Waals surface area contributed by atoms with Crippen molar-refractivity contribution in [3.8, 4) is 0 Å². The van der Waals surface area contributed by atoms with Crippen LogP contribution in [0, 0.1) is 6.92 Å². The predicted molar refractivity (Wildman–Crippen MR) is 84.3 cm³/mol.